The Bertz CT molecular complexity index is 1920. The fourth-order valence-electron chi connectivity index (χ4n) is 6.49. The zero-order valence-corrected chi connectivity index (χ0v) is 26.9. The van der Waals surface area contributed by atoms with Gasteiger partial charge >= 0.3 is 5.97 Å². The van der Waals surface area contributed by atoms with Gasteiger partial charge in [-0.25, -0.2) is 4.68 Å². The van der Waals surface area contributed by atoms with Crippen molar-refractivity contribution in [2.45, 2.75) is 72.3 Å². The van der Waals surface area contributed by atoms with Crippen LogP contribution < -0.4 is 0 Å². The molecule has 0 bridgehead atoms. The Morgan fingerprint density at radius 3 is 2.50 bits per heavy atom. The van der Waals surface area contributed by atoms with Crippen molar-refractivity contribution >= 4 is 22.4 Å². The maximum Gasteiger partial charge on any atom is 0.309 e. The Morgan fingerprint density at radius 2 is 1.83 bits per heavy atom. The molecule has 7 nitrogen and oxygen atoms in total. The molecule has 1 aliphatic rings. The number of carbonyl (C=O) groups is 1. The first-order chi connectivity index (χ1) is 22.1. The maximum atomic E-state index is 15.2. The summed E-state index contributed by atoms with van der Waals surface area (Å²) in [6, 6.07) is 17.6. The molecule has 238 valence electrons. The van der Waals surface area contributed by atoms with Crippen LogP contribution in [-0.4, -0.2) is 37.1 Å². The largest absolute Gasteiger partial charge is 0.466 e. The van der Waals surface area contributed by atoms with Crippen LogP contribution in [0.2, 0.25) is 0 Å². The molecule has 1 atom stereocenters. The van der Waals surface area contributed by atoms with Crippen molar-refractivity contribution < 1.29 is 18.3 Å². The molecule has 3 aromatic heterocycles. The molecular weight excluding hydrogens is 584 g/mol. The number of aromatic nitrogens is 5. The number of halogens is 2. The summed E-state index contributed by atoms with van der Waals surface area (Å²) in [5.41, 5.74) is 8.08. The fourth-order valence-corrected chi connectivity index (χ4v) is 6.49. The second-order valence-electron chi connectivity index (χ2n) is 12.3. The molecule has 9 heteroatoms. The van der Waals surface area contributed by atoms with Gasteiger partial charge in [0.15, 0.2) is 0 Å². The van der Waals surface area contributed by atoms with E-state index in [4.69, 9.17) is 14.8 Å². The lowest BCUT2D eigenvalue weighted by Gasteiger charge is -2.20. The van der Waals surface area contributed by atoms with Crippen LogP contribution in [0.25, 0.3) is 33.4 Å². The van der Waals surface area contributed by atoms with Crippen LogP contribution in [0.5, 0.6) is 0 Å². The van der Waals surface area contributed by atoms with Crippen LogP contribution in [0.1, 0.15) is 74.2 Å². The second-order valence-corrected chi connectivity index (χ2v) is 12.3. The number of aryl methyl sites for hydroxylation is 1. The third-order valence-corrected chi connectivity index (χ3v) is 8.80. The summed E-state index contributed by atoms with van der Waals surface area (Å²) in [5.74, 6) is -3.14. The van der Waals surface area contributed by atoms with E-state index in [1.165, 1.54) is 16.8 Å². The minimum absolute atomic E-state index is 0.0399. The molecule has 0 saturated carbocycles. The molecular formula is C37H39F2N5O2. The molecule has 2 aromatic carbocycles. The number of ether oxygens (including phenoxy) is 1. The van der Waals surface area contributed by atoms with Gasteiger partial charge in [0.05, 0.1) is 40.8 Å². The average molecular weight is 624 g/mol. The van der Waals surface area contributed by atoms with Gasteiger partial charge in [-0.05, 0) is 69.7 Å². The van der Waals surface area contributed by atoms with Gasteiger partial charge in [-0.15, -0.1) is 0 Å². The zero-order chi connectivity index (χ0) is 32.6. The minimum atomic E-state index is -3.07. The number of nitrogens with zero attached hydrogens (tertiary/aromatic N) is 5. The van der Waals surface area contributed by atoms with E-state index in [1.54, 1.807) is 24.4 Å². The van der Waals surface area contributed by atoms with E-state index < -0.39 is 12.5 Å². The molecule has 0 N–H and O–H groups in total. The molecule has 0 aliphatic heterocycles. The monoisotopic (exact) mass is 623 g/mol. The smallest absolute Gasteiger partial charge is 0.309 e. The topological polar surface area (TPSA) is 74.8 Å². The van der Waals surface area contributed by atoms with Crippen molar-refractivity contribution in [1.82, 2.24) is 24.5 Å². The highest BCUT2D eigenvalue weighted by Crippen LogP contribution is 2.38. The Morgan fingerprint density at radius 1 is 1.04 bits per heavy atom. The third kappa shape index (κ3) is 5.98. The number of alkyl halides is 2. The van der Waals surface area contributed by atoms with E-state index in [-0.39, 0.29) is 23.4 Å². The number of allylic oxidation sites excluding steroid dienone is 2. The molecule has 1 unspecified atom stereocenters. The van der Waals surface area contributed by atoms with Crippen molar-refractivity contribution in [2.75, 3.05) is 6.61 Å². The number of carbonyl (C=O) groups excluding carboxylic acids is 1. The average Bonchev–Trinajstić information content (AvgIpc) is 3.61. The highest BCUT2D eigenvalue weighted by Gasteiger charge is 2.33. The normalized spacial score (nSPS) is 15.4. The number of esters is 1. The summed E-state index contributed by atoms with van der Waals surface area (Å²) in [5, 5.41) is 10.4. The lowest BCUT2D eigenvalue weighted by atomic mass is 9.88. The predicted octanol–water partition coefficient (Wildman–Crippen LogP) is 8.56. The Kier molecular flexibility index (Phi) is 8.59. The number of benzene rings is 2. The molecule has 0 fully saturated rings. The molecule has 6 rings (SSSR count). The van der Waals surface area contributed by atoms with Gasteiger partial charge in [-0.2, -0.15) is 19.0 Å². The molecule has 5 aromatic rings. The highest BCUT2D eigenvalue weighted by atomic mass is 19.3. The maximum absolute atomic E-state index is 15.2. The first kappa shape index (κ1) is 31.3. The quantitative estimate of drug-likeness (QED) is 0.154. The molecule has 1 aliphatic carbocycles. The number of hydrogen-bond acceptors (Lipinski definition) is 5. The van der Waals surface area contributed by atoms with Crippen molar-refractivity contribution in [2.24, 2.45) is 5.92 Å². The van der Waals surface area contributed by atoms with Crippen molar-refractivity contribution in [3.05, 3.63) is 101 Å². The van der Waals surface area contributed by atoms with Crippen LogP contribution in [0.3, 0.4) is 0 Å². The van der Waals surface area contributed by atoms with Crippen LogP contribution in [0.15, 0.2) is 72.9 Å². The fraction of sp³-hybridized carbons (Fsp3) is 0.351. The first-order valence-electron chi connectivity index (χ1n) is 15.9. The first-order valence-corrected chi connectivity index (χ1v) is 15.9. The van der Waals surface area contributed by atoms with E-state index in [9.17, 15) is 4.79 Å². The van der Waals surface area contributed by atoms with Gasteiger partial charge in [0, 0.05) is 34.0 Å². The van der Waals surface area contributed by atoms with Crippen LogP contribution in [-0.2, 0) is 22.0 Å². The van der Waals surface area contributed by atoms with E-state index >= 15 is 8.78 Å². The summed E-state index contributed by atoms with van der Waals surface area (Å²) in [6.07, 6.45) is 5.98. The number of pyridine rings is 1. The van der Waals surface area contributed by atoms with Crippen LogP contribution in [0.4, 0.5) is 8.78 Å². The van der Waals surface area contributed by atoms with Crippen molar-refractivity contribution in [3.8, 4) is 16.9 Å². The molecule has 0 saturated heterocycles. The summed E-state index contributed by atoms with van der Waals surface area (Å²) in [4.78, 5) is 17.1. The number of fused-ring (bicyclic) bond motifs is 1. The van der Waals surface area contributed by atoms with Gasteiger partial charge < -0.3 is 4.74 Å². The van der Waals surface area contributed by atoms with Gasteiger partial charge in [-0.1, -0.05) is 62.4 Å². The molecule has 46 heavy (non-hydrogen) atoms. The molecule has 0 radical (unpaired) electrons. The van der Waals surface area contributed by atoms with E-state index in [1.807, 2.05) is 48.9 Å². The number of hydrogen-bond donors (Lipinski definition) is 0. The second kappa shape index (κ2) is 12.6. The Labute approximate surface area is 267 Å². The third-order valence-electron chi connectivity index (χ3n) is 8.80. The van der Waals surface area contributed by atoms with Gasteiger partial charge in [0.2, 0.25) is 0 Å². The summed E-state index contributed by atoms with van der Waals surface area (Å²) < 4.78 is 38.8. The van der Waals surface area contributed by atoms with Gasteiger partial charge in [0.25, 0.3) is 5.92 Å². The minimum Gasteiger partial charge on any atom is -0.466 e. The van der Waals surface area contributed by atoms with Gasteiger partial charge in [0.1, 0.15) is 6.54 Å². The van der Waals surface area contributed by atoms with E-state index in [0.717, 1.165) is 63.4 Å². The summed E-state index contributed by atoms with van der Waals surface area (Å²) >= 11 is 0. The van der Waals surface area contributed by atoms with Crippen LogP contribution >= 0.6 is 0 Å². The lowest BCUT2D eigenvalue weighted by molar-refractivity contribution is -0.148. The van der Waals surface area contributed by atoms with Gasteiger partial charge in [-0.3, -0.25) is 14.5 Å². The molecule has 3 heterocycles. The molecule has 0 spiro atoms. The summed E-state index contributed by atoms with van der Waals surface area (Å²) in [6.45, 7) is 9.97. The standard InChI is InChI=1S/C37H39F2N5O2/c1-6-46-36(45)27-17-15-26(16-18-27)31-19-20-33(24(4)40-31)44-25(5)34(23(2)3)35(42-44)29-13-10-14-32-30(29)21-43(41-32)22-37(38,39)28-11-8-7-9-12-28/h7-15,19-21,23,27H,6,16-18,22H2,1-5H3. The highest BCUT2D eigenvalue weighted by molar-refractivity contribution is 5.94. The number of rotatable bonds is 9. The van der Waals surface area contributed by atoms with E-state index in [0.29, 0.717) is 18.5 Å². The predicted molar refractivity (Wildman–Crippen MR) is 176 cm³/mol. The lowest BCUT2D eigenvalue weighted by Crippen LogP contribution is -2.21. The summed E-state index contributed by atoms with van der Waals surface area (Å²) in [7, 11) is 0. The SMILES string of the molecule is CCOC(=O)C1CC=C(c2ccc(-n3nc(-c4cccc5nn(CC(F)(F)c6ccccc6)cc45)c(C(C)C)c3C)c(C)n2)CC1. The van der Waals surface area contributed by atoms with Crippen molar-refractivity contribution in [3.63, 3.8) is 0 Å². The van der Waals surface area contributed by atoms with E-state index in [2.05, 4.69) is 31.9 Å². The van der Waals surface area contributed by atoms with Crippen molar-refractivity contribution in [1.29, 1.82) is 0 Å². The molecule has 0 amide bonds. The Hall–Kier alpha value is -4.66. The zero-order valence-electron chi connectivity index (χ0n) is 26.9. The van der Waals surface area contributed by atoms with Crippen LogP contribution in [0, 0.1) is 19.8 Å². The Balaban J connectivity index is 1.34.